The largest absolute Gasteiger partial charge is 0.374 e. The van der Waals surface area contributed by atoms with Crippen LogP contribution in [0.4, 0.5) is 0 Å². The Balaban J connectivity index is 1.86. The van der Waals surface area contributed by atoms with Crippen LogP contribution in [0.25, 0.3) is 0 Å². The minimum atomic E-state index is 0.136. The highest BCUT2D eigenvalue weighted by Crippen LogP contribution is 2.34. The molecule has 5 atom stereocenters. The van der Waals surface area contributed by atoms with Gasteiger partial charge in [-0.05, 0) is 18.1 Å². The van der Waals surface area contributed by atoms with Crippen molar-refractivity contribution in [1.29, 1.82) is 0 Å². The van der Waals surface area contributed by atoms with Gasteiger partial charge in [0.1, 0.15) is 0 Å². The second-order valence-electron chi connectivity index (χ2n) is 6.16. The monoisotopic (exact) mass is 276 g/mol. The van der Waals surface area contributed by atoms with Gasteiger partial charge in [0.2, 0.25) is 0 Å². The van der Waals surface area contributed by atoms with Gasteiger partial charge in [-0.1, -0.05) is 38.1 Å². The fourth-order valence-electron chi connectivity index (χ4n) is 3.29. The van der Waals surface area contributed by atoms with Crippen LogP contribution in [0.3, 0.4) is 0 Å². The number of hydrogen-bond donors (Lipinski definition) is 0. The highest BCUT2D eigenvalue weighted by molar-refractivity contribution is 5.26. The summed E-state index contributed by atoms with van der Waals surface area (Å²) in [5, 5.41) is 0. The smallest absolute Gasteiger partial charge is 0.0862 e. The minimum absolute atomic E-state index is 0.136. The van der Waals surface area contributed by atoms with Crippen molar-refractivity contribution in [3.05, 3.63) is 35.4 Å². The number of hydrogen-bond acceptors (Lipinski definition) is 3. The number of benzene rings is 1. The highest BCUT2D eigenvalue weighted by Gasteiger charge is 2.40. The fourth-order valence-corrected chi connectivity index (χ4v) is 3.29. The Morgan fingerprint density at radius 2 is 1.65 bits per heavy atom. The van der Waals surface area contributed by atoms with Crippen molar-refractivity contribution >= 4 is 0 Å². The first kappa shape index (κ1) is 14.1. The van der Waals surface area contributed by atoms with E-state index < -0.39 is 0 Å². The van der Waals surface area contributed by atoms with Crippen LogP contribution in [-0.2, 0) is 27.4 Å². The third-order valence-corrected chi connectivity index (χ3v) is 4.84. The van der Waals surface area contributed by atoms with E-state index in [4.69, 9.17) is 14.2 Å². The van der Waals surface area contributed by atoms with Crippen LogP contribution in [-0.4, -0.2) is 24.9 Å². The molecule has 0 spiro atoms. The van der Waals surface area contributed by atoms with E-state index in [0.717, 1.165) is 0 Å². The summed E-state index contributed by atoms with van der Waals surface area (Å²) < 4.78 is 18.3. The summed E-state index contributed by atoms with van der Waals surface area (Å²) in [6, 6.07) is 8.37. The van der Waals surface area contributed by atoms with Crippen molar-refractivity contribution in [1.82, 2.24) is 0 Å². The molecule has 2 aliphatic heterocycles. The normalized spacial score (nSPS) is 38.0. The Morgan fingerprint density at radius 1 is 0.950 bits per heavy atom. The van der Waals surface area contributed by atoms with E-state index in [9.17, 15) is 0 Å². The molecule has 0 N–H and O–H groups in total. The Morgan fingerprint density at radius 3 is 2.40 bits per heavy atom. The summed E-state index contributed by atoms with van der Waals surface area (Å²) in [4.78, 5) is 0. The molecular weight excluding hydrogens is 252 g/mol. The highest BCUT2D eigenvalue weighted by atomic mass is 16.5. The van der Waals surface area contributed by atoms with E-state index in [1.165, 1.54) is 11.1 Å². The zero-order valence-corrected chi connectivity index (χ0v) is 12.5. The maximum atomic E-state index is 6.28. The summed E-state index contributed by atoms with van der Waals surface area (Å²) >= 11 is 0. The molecule has 1 aromatic carbocycles. The molecule has 1 fully saturated rings. The molecule has 3 nitrogen and oxygen atoms in total. The second-order valence-corrected chi connectivity index (χ2v) is 6.16. The zero-order valence-electron chi connectivity index (χ0n) is 12.5. The lowest BCUT2D eigenvalue weighted by molar-refractivity contribution is -0.195. The molecule has 2 aliphatic rings. The van der Waals surface area contributed by atoms with Gasteiger partial charge in [0.05, 0.1) is 38.1 Å². The van der Waals surface area contributed by atoms with E-state index in [2.05, 4.69) is 45.0 Å². The minimum Gasteiger partial charge on any atom is -0.374 e. The van der Waals surface area contributed by atoms with Gasteiger partial charge in [-0.3, -0.25) is 0 Å². The molecule has 2 heterocycles. The third kappa shape index (κ3) is 2.62. The second kappa shape index (κ2) is 5.84. The predicted octanol–water partition coefficient (Wildman–Crippen LogP) is 3.16. The van der Waals surface area contributed by atoms with Gasteiger partial charge in [0.25, 0.3) is 0 Å². The lowest BCUT2D eigenvalue weighted by atomic mass is 9.83. The number of ether oxygens (including phenoxy) is 3. The molecule has 2 bridgehead atoms. The topological polar surface area (TPSA) is 27.7 Å². The lowest BCUT2D eigenvalue weighted by Crippen LogP contribution is -2.50. The molecule has 1 aromatic rings. The standard InChI is InChI=1S/C17H24O3/c1-11-13(3)20-16-10-18-8-14-6-4-5-7-15(14)9-19-17(11)12(16)2/h4-7,11-13,16-17H,8-10H2,1-3H3/t11?,12-,13+,16?,17+/m1/s1. The Bertz CT molecular complexity index is 459. The van der Waals surface area contributed by atoms with E-state index in [1.807, 2.05) is 0 Å². The fraction of sp³-hybridized carbons (Fsp3) is 0.647. The van der Waals surface area contributed by atoms with Crippen molar-refractivity contribution in [2.45, 2.75) is 52.3 Å². The van der Waals surface area contributed by atoms with Crippen LogP contribution >= 0.6 is 0 Å². The first-order valence-electron chi connectivity index (χ1n) is 7.58. The average Bonchev–Trinajstić information content (AvgIpc) is 2.45. The van der Waals surface area contributed by atoms with Gasteiger partial charge in [-0.25, -0.2) is 0 Å². The molecule has 0 aromatic heterocycles. The SMILES string of the molecule is CC1[C@H](C)OC2COCc3ccccc3CO[C@@H]1[C@@H]2C. The lowest BCUT2D eigenvalue weighted by Gasteiger charge is -2.44. The zero-order chi connectivity index (χ0) is 14.1. The molecule has 20 heavy (non-hydrogen) atoms. The average molecular weight is 276 g/mol. The Hall–Kier alpha value is -0.900. The van der Waals surface area contributed by atoms with Crippen LogP contribution in [0.15, 0.2) is 24.3 Å². The number of fused-ring (bicyclic) bond motifs is 3. The van der Waals surface area contributed by atoms with E-state index in [-0.39, 0.29) is 18.3 Å². The number of rotatable bonds is 0. The first-order chi connectivity index (χ1) is 9.66. The third-order valence-electron chi connectivity index (χ3n) is 4.84. The molecule has 0 aliphatic carbocycles. The van der Waals surface area contributed by atoms with Crippen molar-refractivity contribution in [2.24, 2.45) is 11.8 Å². The van der Waals surface area contributed by atoms with Crippen molar-refractivity contribution < 1.29 is 14.2 Å². The van der Waals surface area contributed by atoms with Gasteiger partial charge >= 0.3 is 0 Å². The maximum absolute atomic E-state index is 6.28. The predicted molar refractivity (Wildman–Crippen MR) is 77.3 cm³/mol. The van der Waals surface area contributed by atoms with Crippen LogP contribution < -0.4 is 0 Å². The molecule has 0 saturated carbocycles. The van der Waals surface area contributed by atoms with Crippen LogP contribution in [0.1, 0.15) is 31.9 Å². The molecule has 110 valence electrons. The summed E-state index contributed by atoms with van der Waals surface area (Å²) in [6.07, 6.45) is 0.592. The van der Waals surface area contributed by atoms with Gasteiger partial charge in [-0.2, -0.15) is 0 Å². The van der Waals surface area contributed by atoms with Gasteiger partial charge in [-0.15, -0.1) is 0 Å². The molecule has 3 heteroatoms. The van der Waals surface area contributed by atoms with Crippen LogP contribution in [0.5, 0.6) is 0 Å². The van der Waals surface area contributed by atoms with Crippen molar-refractivity contribution in [3.63, 3.8) is 0 Å². The van der Waals surface area contributed by atoms with Crippen molar-refractivity contribution in [2.75, 3.05) is 6.61 Å². The summed E-state index contributed by atoms with van der Waals surface area (Å²) in [5.41, 5.74) is 2.46. The molecule has 1 saturated heterocycles. The quantitative estimate of drug-likeness (QED) is 0.728. The molecule has 0 radical (unpaired) electrons. The van der Waals surface area contributed by atoms with Gasteiger partial charge in [0, 0.05) is 11.8 Å². The Kier molecular flexibility index (Phi) is 4.11. The molecule has 2 unspecified atom stereocenters. The Labute approximate surface area is 121 Å². The maximum Gasteiger partial charge on any atom is 0.0862 e. The van der Waals surface area contributed by atoms with Crippen LogP contribution in [0, 0.1) is 11.8 Å². The molecule has 3 rings (SSSR count). The summed E-state index contributed by atoms with van der Waals surface area (Å²) in [5.74, 6) is 0.777. The van der Waals surface area contributed by atoms with Gasteiger partial charge < -0.3 is 14.2 Å². The van der Waals surface area contributed by atoms with E-state index >= 15 is 0 Å². The summed E-state index contributed by atoms with van der Waals surface area (Å²) in [7, 11) is 0. The van der Waals surface area contributed by atoms with Gasteiger partial charge in [0.15, 0.2) is 0 Å². The van der Waals surface area contributed by atoms with Crippen molar-refractivity contribution in [3.8, 4) is 0 Å². The van der Waals surface area contributed by atoms with E-state index in [1.54, 1.807) is 0 Å². The first-order valence-corrected chi connectivity index (χ1v) is 7.58. The summed E-state index contributed by atoms with van der Waals surface area (Å²) in [6.45, 7) is 8.53. The van der Waals surface area contributed by atoms with Crippen LogP contribution in [0.2, 0.25) is 0 Å². The van der Waals surface area contributed by atoms with E-state index in [0.29, 0.717) is 31.7 Å². The molecular formula is C17H24O3. The molecule has 0 amide bonds.